The molecule has 3 rings (SSSR count). The van der Waals surface area contributed by atoms with Crippen molar-refractivity contribution in [3.05, 3.63) is 94.5 Å². The molecule has 3 aromatic rings. The molecule has 0 bridgehead atoms. The number of nitrogens with zero attached hydrogens (tertiary/aromatic N) is 2. The molecule has 0 fully saturated rings. The Hall–Kier alpha value is -3.07. The van der Waals surface area contributed by atoms with E-state index in [1.54, 1.807) is 67.6 Å². The van der Waals surface area contributed by atoms with Gasteiger partial charge in [0.2, 0.25) is 11.8 Å². The first-order valence-corrected chi connectivity index (χ1v) is 14.3. The Kier molecular flexibility index (Phi) is 10.2. The van der Waals surface area contributed by atoms with Crippen molar-refractivity contribution in [1.29, 1.82) is 0 Å². The highest BCUT2D eigenvalue weighted by Crippen LogP contribution is 2.27. The number of anilines is 1. The standard InChI is InChI=1S/C28H31Cl2N3O4S/c1-20(2)17-31-28(35)21(3)32(18-22-9-7-10-23(29)15-22)27(34)19-33(25-12-8-11-24(30)16-25)38(36,37)26-13-5-4-6-14-26/h4-16,20-21H,17-19H2,1-3H3,(H,31,35). The summed E-state index contributed by atoms with van der Waals surface area (Å²) in [6, 6.07) is 20.2. The Bertz CT molecular complexity index is 1370. The van der Waals surface area contributed by atoms with Crippen molar-refractivity contribution in [1.82, 2.24) is 10.2 Å². The van der Waals surface area contributed by atoms with Crippen LogP contribution in [-0.4, -0.2) is 44.3 Å². The predicted octanol–water partition coefficient (Wildman–Crippen LogP) is 5.38. The van der Waals surface area contributed by atoms with Crippen molar-refractivity contribution < 1.29 is 18.0 Å². The molecule has 0 saturated carbocycles. The molecule has 0 saturated heterocycles. The largest absolute Gasteiger partial charge is 0.354 e. The first-order chi connectivity index (χ1) is 18.0. The summed E-state index contributed by atoms with van der Waals surface area (Å²) in [5.74, 6) is -0.677. The van der Waals surface area contributed by atoms with Gasteiger partial charge in [-0.3, -0.25) is 13.9 Å². The van der Waals surface area contributed by atoms with Crippen LogP contribution in [0, 0.1) is 5.92 Å². The van der Waals surface area contributed by atoms with E-state index < -0.39 is 28.5 Å². The highest BCUT2D eigenvalue weighted by atomic mass is 35.5. The average Bonchev–Trinajstić information content (AvgIpc) is 2.88. The first-order valence-electron chi connectivity index (χ1n) is 12.1. The summed E-state index contributed by atoms with van der Waals surface area (Å²) in [7, 11) is -4.14. The molecule has 1 atom stereocenters. The van der Waals surface area contributed by atoms with Crippen LogP contribution in [-0.2, 0) is 26.2 Å². The molecule has 1 unspecified atom stereocenters. The number of carbonyl (C=O) groups is 2. The molecule has 1 N–H and O–H groups in total. The van der Waals surface area contributed by atoms with Gasteiger partial charge in [-0.15, -0.1) is 0 Å². The molecule has 0 radical (unpaired) electrons. The SMILES string of the molecule is CC(C)CNC(=O)C(C)N(Cc1cccc(Cl)c1)C(=O)CN(c1cccc(Cl)c1)S(=O)(=O)c1ccccc1. The van der Waals surface area contributed by atoms with Gasteiger partial charge in [0.05, 0.1) is 10.6 Å². The molecule has 10 heteroatoms. The van der Waals surface area contributed by atoms with Crippen molar-refractivity contribution in [3.8, 4) is 0 Å². The Morgan fingerprint density at radius 1 is 0.868 bits per heavy atom. The number of hydrogen-bond acceptors (Lipinski definition) is 4. The van der Waals surface area contributed by atoms with Crippen molar-refractivity contribution in [2.24, 2.45) is 5.92 Å². The van der Waals surface area contributed by atoms with Gasteiger partial charge in [-0.1, -0.05) is 73.4 Å². The number of nitrogens with one attached hydrogen (secondary N) is 1. The third kappa shape index (κ3) is 7.72. The molecule has 0 spiro atoms. The number of amides is 2. The minimum atomic E-state index is -4.14. The minimum Gasteiger partial charge on any atom is -0.354 e. The molecule has 3 aromatic carbocycles. The third-order valence-corrected chi connectivity index (χ3v) is 8.06. The molecule has 0 aliphatic heterocycles. The minimum absolute atomic E-state index is 0.0249. The number of carbonyl (C=O) groups excluding carboxylic acids is 2. The monoisotopic (exact) mass is 575 g/mol. The van der Waals surface area contributed by atoms with Crippen LogP contribution in [0.1, 0.15) is 26.3 Å². The zero-order valence-corrected chi connectivity index (χ0v) is 23.8. The second kappa shape index (κ2) is 13.1. The van der Waals surface area contributed by atoms with Crippen LogP contribution < -0.4 is 9.62 Å². The van der Waals surface area contributed by atoms with E-state index in [-0.39, 0.29) is 29.0 Å². The van der Waals surface area contributed by atoms with E-state index >= 15 is 0 Å². The van der Waals surface area contributed by atoms with E-state index in [0.717, 1.165) is 4.31 Å². The van der Waals surface area contributed by atoms with E-state index in [1.807, 2.05) is 13.8 Å². The summed E-state index contributed by atoms with van der Waals surface area (Å²) in [5.41, 5.74) is 0.934. The van der Waals surface area contributed by atoms with Gasteiger partial charge >= 0.3 is 0 Å². The highest BCUT2D eigenvalue weighted by Gasteiger charge is 2.32. The average molecular weight is 577 g/mol. The highest BCUT2D eigenvalue weighted by molar-refractivity contribution is 7.92. The summed E-state index contributed by atoms with van der Waals surface area (Å²) < 4.78 is 28.4. The molecule has 0 aliphatic carbocycles. The van der Waals surface area contributed by atoms with Crippen molar-refractivity contribution in [3.63, 3.8) is 0 Å². The van der Waals surface area contributed by atoms with Gasteiger partial charge in [-0.2, -0.15) is 0 Å². The Morgan fingerprint density at radius 3 is 2.11 bits per heavy atom. The lowest BCUT2D eigenvalue weighted by molar-refractivity contribution is -0.139. The van der Waals surface area contributed by atoms with Gasteiger partial charge in [0.15, 0.2) is 0 Å². The normalized spacial score (nSPS) is 12.2. The zero-order valence-electron chi connectivity index (χ0n) is 21.5. The third-order valence-electron chi connectivity index (χ3n) is 5.80. The zero-order chi connectivity index (χ0) is 27.9. The maximum absolute atomic E-state index is 13.8. The van der Waals surface area contributed by atoms with Crippen LogP contribution in [0.15, 0.2) is 83.8 Å². The number of benzene rings is 3. The van der Waals surface area contributed by atoms with Crippen LogP contribution in [0.25, 0.3) is 0 Å². The van der Waals surface area contributed by atoms with Crippen LogP contribution in [0.3, 0.4) is 0 Å². The molecule has 202 valence electrons. The topological polar surface area (TPSA) is 86.8 Å². The molecule has 7 nitrogen and oxygen atoms in total. The predicted molar refractivity (Wildman–Crippen MR) is 152 cm³/mol. The fraction of sp³-hybridized carbons (Fsp3) is 0.286. The Balaban J connectivity index is 2.00. The number of halogens is 2. The van der Waals surface area contributed by atoms with Crippen molar-refractivity contribution in [2.75, 3.05) is 17.4 Å². The van der Waals surface area contributed by atoms with Gasteiger partial charge < -0.3 is 10.2 Å². The van der Waals surface area contributed by atoms with Crippen LogP contribution in [0.5, 0.6) is 0 Å². The first kappa shape index (κ1) is 29.5. The number of rotatable bonds is 11. The maximum Gasteiger partial charge on any atom is 0.264 e. The molecule has 0 aliphatic rings. The van der Waals surface area contributed by atoms with Crippen LogP contribution in [0.4, 0.5) is 5.69 Å². The van der Waals surface area contributed by atoms with Gasteiger partial charge in [0.1, 0.15) is 12.6 Å². The van der Waals surface area contributed by atoms with E-state index in [0.29, 0.717) is 22.2 Å². The fourth-order valence-corrected chi connectivity index (χ4v) is 5.57. The smallest absolute Gasteiger partial charge is 0.264 e. The lowest BCUT2D eigenvalue weighted by Gasteiger charge is -2.32. The molecular formula is C28H31Cl2N3O4S. The molecule has 2 amide bonds. The molecule has 0 aromatic heterocycles. The van der Waals surface area contributed by atoms with Crippen molar-refractivity contribution >= 4 is 50.7 Å². The molecular weight excluding hydrogens is 545 g/mol. The van der Waals surface area contributed by atoms with Gasteiger partial charge in [-0.25, -0.2) is 8.42 Å². The molecule has 0 heterocycles. The van der Waals surface area contributed by atoms with Gasteiger partial charge in [-0.05, 0) is 60.9 Å². The lowest BCUT2D eigenvalue weighted by Crippen LogP contribution is -2.51. The second-order valence-electron chi connectivity index (χ2n) is 9.27. The van der Waals surface area contributed by atoms with E-state index in [1.165, 1.54) is 23.1 Å². The van der Waals surface area contributed by atoms with E-state index in [2.05, 4.69) is 5.32 Å². The summed E-state index contributed by atoms with van der Waals surface area (Å²) in [6.45, 7) is 5.52. The fourth-order valence-electron chi connectivity index (χ4n) is 3.75. The quantitative estimate of drug-likeness (QED) is 0.332. The summed E-state index contributed by atoms with van der Waals surface area (Å²) >= 11 is 12.3. The summed E-state index contributed by atoms with van der Waals surface area (Å²) in [6.07, 6.45) is 0. The van der Waals surface area contributed by atoms with E-state index in [9.17, 15) is 18.0 Å². The number of hydrogen-bond donors (Lipinski definition) is 1. The van der Waals surface area contributed by atoms with Gasteiger partial charge in [0.25, 0.3) is 10.0 Å². The van der Waals surface area contributed by atoms with Gasteiger partial charge in [0, 0.05) is 23.1 Å². The van der Waals surface area contributed by atoms with Crippen LogP contribution >= 0.6 is 23.2 Å². The summed E-state index contributed by atoms with van der Waals surface area (Å²) in [4.78, 5) is 28.2. The Labute approximate surface area is 234 Å². The molecule has 38 heavy (non-hydrogen) atoms. The van der Waals surface area contributed by atoms with Crippen molar-refractivity contribution in [2.45, 2.75) is 38.3 Å². The number of sulfonamides is 1. The Morgan fingerprint density at radius 2 is 1.50 bits per heavy atom. The lowest BCUT2D eigenvalue weighted by atomic mass is 10.1. The second-order valence-corrected chi connectivity index (χ2v) is 12.0. The van der Waals surface area contributed by atoms with Crippen LogP contribution in [0.2, 0.25) is 10.0 Å². The summed E-state index contributed by atoms with van der Waals surface area (Å²) in [5, 5.41) is 3.66. The van der Waals surface area contributed by atoms with E-state index in [4.69, 9.17) is 23.2 Å². The maximum atomic E-state index is 13.8.